The topological polar surface area (TPSA) is 131 Å². The van der Waals surface area contributed by atoms with Crippen molar-refractivity contribution >= 4 is 11.8 Å². The molecule has 0 saturated carbocycles. The van der Waals surface area contributed by atoms with Crippen LogP contribution in [0.15, 0.2) is 34.9 Å². The van der Waals surface area contributed by atoms with Gasteiger partial charge in [-0.15, -0.1) is 0 Å². The van der Waals surface area contributed by atoms with Crippen molar-refractivity contribution in [3.05, 3.63) is 47.5 Å². The lowest BCUT2D eigenvalue weighted by atomic mass is 9.98. The zero-order valence-corrected chi connectivity index (χ0v) is 19.5. The van der Waals surface area contributed by atoms with Gasteiger partial charge < -0.3 is 24.8 Å². The second-order valence-electron chi connectivity index (χ2n) is 9.31. The van der Waals surface area contributed by atoms with Gasteiger partial charge in [-0.1, -0.05) is 23.4 Å². The summed E-state index contributed by atoms with van der Waals surface area (Å²) in [5.41, 5.74) is 7.13. The molecule has 34 heavy (non-hydrogen) atoms. The molecule has 3 aromatic rings. The summed E-state index contributed by atoms with van der Waals surface area (Å²) < 4.78 is 7.45. The van der Waals surface area contributed by atoms with Crippen molar-refractivity contribution in [1.29, 1.82) is 0 Å². The smallest absolute Gasteiger partial charge is 0.269 e. The van der Waals surface area contributed by atoms with Gasteiger partial charge in [-0.2, -0.15) is 0 Å². The van der Waals surface area contributed by atoms with E-state index in [9.17, 15) is 14.7 Å². The van der Waals surface area contributed by atoms with E-state index in [1.54, 1.807) is 13.1 Å². The molecule has 1 fully saturated rings. The number of carbonyl (C=O) groups excluding carboxylic acids is 2. The van der Waals surface area contributed by atoms with Crippen LogP contribution >= 0.6 is 0 Å². The molecule has 3 N–H and O–H groups in total. The third-order valence-corrected chi connectivity index (χ3v) is 6.84. The van der Waals surface area contributed by atoms with Crippen molar-refractivity contribution in [1.82, 2.24) is 24.5 Å². The number of likely N-dealkylation sites (N-methyl/N-ethyl adjacent to an activating group) is 1. The van der Waals surface area contributed by atoms with Crippen molar-refractivity contribution in [3.8, 4) is 22.6 Å². The summed E-state index contributed by atoms with van der Waals surface area (Å²) in [6.07, 6.45) is 0.251. The average Bonchev–Trinajstić information content (AvgIpc) is 3.53. The molecule has 1 saturated heterocycles. The Bertz CT molecular complexity index is 1280. The van der Waals surface area contributed by atoms with Crippen LogP contribution < -0.4 is 5.73 Å². The molecule has 2 aliphatic rings. The Labute approximate surface area is 196 Å². The first kappa shape index (κ1) is 22.3. The van der Waals surface area contributed by atoms with E-state index < -0.39 is 17.4 Å². The molecule has 2 aromatic heterocycles. The number of benzene rings is 1. The first-order chi connectivity index (χ1) is 16.2. The number of amides is 2. The monoisotopic (exact) mass is 464 g/mol. The number of imidazole rings is 1. The van der Waals surface area contributed by atoms with E-state index in [0.29, 0.717) is 42.9 Å². The van der Waals surface area contributed by atoms with E-state index >= 15 is 0 Å². The minimum Gasteiger partial charge on any atom is -0.373 e. The van der Waals surface area contributed by atoms with Crippen molar-refractivity contribution < 1.29 is 19.2 Å². The lowest BCUT2D eigenvalue weighted by Gasteiger charge is -2.32. The molecule has 2 amide bonds. The number of rotatable bonds is 5. The molecule has 0 radical (unpaired) electrons. The minimum absolute atomic E-state index is 0.130. The van der Waals surface area contributed by atoms with Crippen molar-refractivity contribution in [2.75, 3.05) is 20.1 Å². The predicted octanol–water partition coefficient (Wildman–Crippen LogP) is 1.58. The van der Waals surface area contributed by atoms with Crippen LogP contribution in [0.4, 0.5) is 0 Å². The summed E-state index contributed by atoms with van der Waals surface area (Å²) in [7, 11) is 1.65. The minimum atomic E-state index is -1.70. The van der Waals surface area contributed by atoms with Gasteiger partial charge in [0.2, 0.25) is 5.60 Å². The fourth-order valence-electron chi connectivity index (χ4n) is 4.75. The molecule has 178 valence electrons. The highest BCUT2D eigenvalue weighted by Crippen LogP contribution is 2.35. The standard InChI is InChI=1S/C24H28N6O4/c1-14(2)29-9-10-30-18(13-29)20(21(25)31)26-22(30)16-6-4-5-15(11-16)17-12-19(34-27-17)24(33)7-8-28(3)23(24)32/h4-6,11-12,14,33H,7-10,13H2,1-3H3,(H2,25,31). The van der Waals surface area contributed by atoms with Gasteiger partial charge in [-0.25, -0.2) is 4.98 Å². The zero-order chi connectivity index (χ0) is 24.2. The van der Waals surface area contributed by atoms with E-state index in [2.05, 4.69) is 33.5 Å². The second kappa shape index (κ2) is 8.07. The van der Waals surface area contributed by atoms with Crippen LogP contribution in [0.5, 0.6) is 0 Å². The van der Waals surface area contributed by atoms with Crippen molar-refractivity contribution in [2.24, 2.45) is 5.73 Å². The van der Waals surface area contributed by atoms with Gasteiger partial charge in [-0.3, -0.25) is 14.5 Å². The summed E-state index contributed by atoms with van der Waals surface area (Å²) in [6.45, 7) is 6.85. The van der Waals surface area contributed by atoms with E-state index in [1.165, 1.54) is 4.90 Å². The van der Waals surface area contributed by atoms with Gasteiger partial charge in [-0.05, 0) is 19.9 Å². The van der Waals surface area contributed by atoms with E-state index in [0.717, 1.165) is 23.4 Å². The van der Waals surface area contributed by atoms with Crippen LogP contribution in [0.25, 0.3) is 22.6 Å². The Morgan fingerprint density at radius 3 is 2.65 bits per heavy atom. The van der Waals surface area contributed by atoms with Gasteiger partial charge in [0.15, 0.2) is 11.5 Å². The molecule has 1 aromatic carbocycles. The normalized spacial score (nSPS) is 20.9. The van der Waals surface area contributed by atoms with Crippen LogP contribution in [0.3, 0.4) is 0 Å². The summed E-state index contributed by atoms with van der Waals surface area (Å²) in [5.74, 6) is -0.144. The maximum atomic E-state index is 12.4. The lowest BCUT2D eigenvalue weighted by Crippen LogP contribution is -2.39. The molecule has 1 atom stereocenters. The second-order valence-corrected chi connectivity index (χ2v) is 9.31. The van der Waals surface area contributed by atoms with Gasteiger partial charge in [0.05, 0.1) is 5.69 Å². The Hall–Kier alpha value is -3.50. The molecule has 0 bridgehead atoms. The number of hydrogen-bond acceptors (Lipinski definition) is 7. The molecule has 5 rings (SSSR count). The number of nitrogens with two attached hydrogens (primary N) is 1. The number of hydrogen-bond donors (Lipinski definition) is 2. The number of fused-ring (bicyclic) bond motifs is 1. The highest BCUT2D eigenvalue weighted by atomic mass is 16.5. The molecule has 10 heteroatoms. The fraction of sp³-hybridized carbons (Fsp3) is 0.417. The number of nitrogens with zero attached hydrogens (tertiary/aromatic N) is 5. The number of aliphatic hydroxyl groups is 1. The number of aromatic nitrogens is 3. The maximum absolute atomic E-state index is 12.4. The number of primary amides is 1. The largest absolute Gasteiger partial charge is 0.373 e. The summed E-state index contributed by atoms with van der Waals surface area (Å²) >= 11 is 0. The lowest BCUT2D eigenvalue weighted by molar-refractivity contribution is -0.144. The molecular weight excluding hydrogens is 436 g/mol. The predicted molar refractivity (Wildman–Crippen MR) is 123 cm³/mol. The molecule has 0 aliphatic carbocycles. The number of likely N-dealkylation sites (tertiary alicyclic amines) is 1. The van der Waals surface area contributed by atoms with Crippen LogP contribution in [0.2, 0.25) is 0 Å². The third kappa shape index (κ3) is 3.50. The van der Waals surface area contributed by atoms with Gasteiger partial charge in [0.1, 0.15) is 11.5 Å². The van der Waals surface area contributed by atoms with Crippen LogP contribution in [0.1, 0.15) is 42.2 Å². The van der Waals surface area contributed by atoms with Crippen molar-refractivity contribution in [3.63, 3.8) is 0 Å². The Balaban J connectivity index is 1.51. The first-order valence-electron chi connectivity index (χ1n) is 11.4. The average molecular weight is 465 g/mol. The zero-order valence-electron chi connectivity index (χ0n) is 19.5. The molecule has 10 nitrogen and oxygen atoms in total. The van der Waals surface area contributed by atoms with E-state index in [-0.39, 0.29) is 12.2 Å². The molecular formula is C24H28N6O4. The van der Waals surface area contributed by atoms with E-state index in [1.807, 2.05) is 24.3 Å². The number of carbonyl (C=O) groups is 2. The van der Waals surface area contributed by atoms with Crippen LogP contribution in [-0.2, 0) is 23.5 Å². The molecule has 1 unspecified atom stereocenters. The highest BCUT2D eigenvalue weighted by Gasteiger charge is 2.48. The highest BCUT2D eigenvalue weighted by molar-refractivity contribution is 5.93. The summed E-state index contributed by atoms with van der Waals surface area (Å²) in [4.78, 5) is 32.9. The Kier molecular flexibility index (Phi) is 5.29. The quantitative estimate of drug-likeness (QED) is 0.586. The Morgan fingerprint density at radius 2 is 1.97 bits per heavy atom. The first-order valence-corrected chi connectivity index (χ1v) is 11.4. The summed E-state index contributed by atoms with van der Waals surface area (Å²) in [6, 6.07) is 9.52. The van der Waals surface area contributed by atoms with Gasteiger partial charge >= 0.3 is 0 Å². The molecule has 4 heterocycles. The van der Waals surface area contributed by atoms with Gasteiger partial charge in [0.25, 0.3) is 11.8 Å². The van der Waals surface area contributed by atoms with Crippen molar-refractivity contribution in [2.45, 2.75) is 45.0 Å². The van der Waals surface area contributed by atoms with Crippen LogP contribution in [-0.4, -0.2) is 67.6 Å². The van der Waals surface area contributed by atoms with Crippen LogP contribution in [0, 0.1) is 0 Å². The molecule has 0 spiro atoms. The Morgan fingerprint density at radius 1 is 1.21 bits per heavy atom. The maximum Gasteiger partial charge on any atom is 0.269 e. The fourth-order valence-corrected chi connectivity index (χ4v) is 4.75. The third-order valence-electron chi connectivity index (χ3n) is 6.84. The summed E-state index contributed by atoms with van der Waals surface area (Å²) in [5, 5.41) is 15.0. The molecule has 2 aliphatic heterocycles. The SMILES string of the molecule is CC(C)N1CCn2c(-c3cccc(-c4cc(C5(O)CCN(C)C5=O)on4)c3)nc(C(N)=O)c2C1. The van der Waals surface area contributed by atoms with E-state index in [4.69, 9.17) is 10.3 Å². The van der Waals surface area contributed by atoms with Gasteiger partial charge in [0, 0.05) is 62.9 Å².